The van der Waals surface area contributed by atoms with Crippen LogP contribution in [0, 0.1) is 0 Å². The quantitative estimate of drug-likeness (QED) is 0.602. The average molecular weight is 390 g/mol. The molecule has 1 aromatic heterocycles. The lowest BCUT2D eigenvalue weighted by Gasteiger charge is -2.27. The van der Waals surface area contributed by atoms with Crippen molar-refractivity contribution in [3.63, 3.8) is 0 Å². The second-order valence-corrected chi connectivity index (χ2v) is 6.81. The number of aromatic nitrogens is 1. The Morgan fingerprint density at radius 3 is 2.69 bits per heavy atom. The number of hydrogen-bond acceptors (Lipinski definition) is 4. The van der Waals surface area contributed by atoms with Crippen molar-refractivity contribution in [2.24, 2.45) is 0 Å². The Bertz CT molecular complexity index is 903. The molecule has 6 nitrogen and oxygen atoms in total. The maximum atomic E-state index is 12.3. The monoisotopic (exact) mass is 390 g/mol. The van der Waals surface area contributed by atoms with Crippen LogP contribution in [0.5, 0.6) is 5.75 Å². The number of nitrogens with zero attached hydrogens (tertiary/aromatic N) is 2. The molecule has 0 aliphatic carbocycles. The molecule has 6 heteroatoms. The highest BCUT2D eigenvalue weighted by atomic mass is 16.5. The van der Waals surface area contributed by atoms with Gasteiger partial charge in [0.15, 0.2) is 0 Å². The maximum Gasteiger partial charge on any atom is 0.319 e. The summed E-state index contributed by atoms with van der Waals surface area (Å²) in [5.41, 5.74) is 2.77. The molecule has 1 atom stereocenters. The number of benzene rings is 2. The summed E-state index contributed by atoms with van der Waals surface area (Å²) in [5, 5.41) is 5.77. The van der Waals surface area contributed by atoms with E-state index in [1.54, 1.807) is 18.5 Å². The summed E-state index contributed by atoms with van der Waals surface area (Å²) in [5.74, 6) is 0.684. The largest absolute Gasteiger partial charge is 0.489 e. The van der Waals surface area contributed by atoms with Gasteiger partial charge in [-0.15, -0.1) is 0 Å². The molecular formula is C23H26N4O2. The third-order valence-electron chi connectivity index (χ3n) is 4.60. The SMILES string of the molecule is CC(CNC(=O)Nc1cccc(OCc2cccnc2)c1)N(C)c1ccccc1. The Kier molecular flexibility index (Phi) is 7.05. The summed E-state index contributed by atoms with van der Waals surface area (Å²) in [4.78, 5) is 18.5. The number of amides is 2. The second-order valence-electron chi connectivity index (χ2n) is 6.81. The fourth-order valence-electron chi connectivity index (χ4n) is 2.78. The van der Waals surface area contributed by atoms with E-state index in [9.17, 15) is 4.79 Å². The zero-order chi connectivity index (χ0) is 20.5. The topological polar surface area (TPSA) is 66.5 Å². The molecule has 1 heterocycles. The van der Waals surface area contributed by atoms with Crippen LogP contribution in [0.4, 0.5) is 16.2 Å². The van der Waals surface area contributed by atoms with Crippen LogP contribution in [-0.4, -0.2) is 30.6 Å². The van der Waals surface area contributed by atoms with E-state index in [1.165, 1.54) is 0 Å². The highest BCUT2D eigenvalue weighted by Gasteiger charge is 2.11. The van der Waals surface area contributed by atoms with Crippen molar-refractivity contribution in [1.82, 2.24) is 10.3 Å². The summed E-state index contributed by atoms with van der Waals surface area (Å²) in [6, 6.07) is 21.2. The molecule has 0 aliphatic heterocycles. The molecule has 2 amide bonds. The number of anilines is 2. The van der Waals surface area contributed by atoms with Crippen LogP contribution in [0.15, 0.2) is 79.1 Å². The molecule has 0 fully saturated rings. The van der Waals surface area contributed by atoms with E-state index in [0.29, 0.717) is 24.6 Å². The van der Waals surface area contributed by atoms with Gasteiger partial charge in [0.2, 0.25) is 0 Å². The lowest BCUT2D eigenvalue weighted by molar-refractivity contribution is 0.251. The maximum absolute atomic E-state index is 12.3. The van der Waals surface area contributed by atoms with Gasteiger partial charge in [-0.05, 0) is 37.3 Å². The predicted molar refractivity (Wildman–Crippen MR) is 116 cm³/mol. The Balaban J connectivity index is 1.47. The van der Waals surface area contributed by atoms with Crippen molar-refractivity contribution in [1.29, 1.82) is 0 Å². The van der Waals surface area contributed by atoms with Gasteiger partial charge < -0.3 is 20.3 Å². The molecule has 0 spiro atoms. The van der Waals surface area contributed by atoms with Gasteiger partial charge in [0.05, 0.1) is 0 Å². The molecule has 0 bridgehead atoms. The van der Waals surface area contributed by atoms with Crippen molar-refractivity contribution < 1.29 is 9.53 Å². The molecule has 2 N–H and O–H groups in total. The molecule has 0 saturated heterocycles. The van der Waals surface area contributed by atoms with Crippen molar-refractivity contribution >= 4 is 17.4 Å². The molecule has 2 aromatic carbocycles. The fourth-order valence-corrected chi connectivity index (χ4v) is 2.78. The van der Waals surface area contributed by atoms with Gasteiger partial charge in [-0.25, -0.2) is 4.79 Å². The van der Waals surface area contributed by atoms with Crippen LogP contribution in [-0.2, 0) is 6.61 Å². The smallest absolute Gasteiger partial charge is 0.319 e. The van der Waals surface area contributed by atoms with Gasteiger partial charge in [-0.2, -0.15) is 0 Å². The third kappa shape index (κ3) is 6.24. The van der Waals surface area contributed by atoms with Crippen LogP contribution in [0.1, 0.15) is 12.5 Å². The first-order valence-electron chi connectivity index (χ1n) is 9.56. The van der Waals surface area contributed by atoms with Crippen LogP contribution in [0.25, 0.3) is 0 Å². The van der Waals surface area contributed by atoms with Gasteiger partial charge in [0.25, 0.3) is 0 Å². The first-order valence-corrected chi connectivity index (χ1v) is 9.56. The molecule has 3 aromatic rings. The van der Waals surface area contributed by atoms with Crippen molar-refractivity contribution in [2.75, 3.05) is 23.8 Å². The van der Waals surface area contributed by atoms with E-state index in [0.717, 1.165) is 11.3 Å². The standard InChI is InChI=1S/C23H26N4O2/c1-18(27(2)21-10-4-3-5-11-21)15-25-23(28)26-20-9-6-12-22(14-20)29-17-19-8-7-13-24-16-19/h3-14,16,18H,15,17H2,1-2H3,(H2,25,26,28). The summed E-state index contributed by atoms with van der Waals surface area (Å²) in [7, 11) is 2.02. The zero-order valence-electron chi connectivity index (χ0n) is 16.7. The summed E-state index contributed by atoms with van der Waals surface area (Å²) < 4.78 is 5.77. The summed E-state index contributed by atoms with van der Waals surface area (Å²) in [6.07, 6.45) is 3.49. The lowest BCUT2D eigenvalue weighted by atomic mass is 10.2. The van der Waals surface area contributed by atoms with Crippen molar-refractivity contribution in [3.05, 3.63) is 84.7 Å². The first-order chi connectivity index (χ1) is 14.1. The molecule has 29 heavy (non-hydrogen) atoms. The van der Waals surface area contributed by atoms with E-state index < -0.39 is 0 Å². The van der Waals surface area contributed by atoms with Gasteiger partial charge in [0, 0.05) is 55.0 Å². The average Bonchev–Trinajstić information content (AvgIpc) is 2.77. The Morgan fingerprint density at radius 2 is 1.93 bits per heavy atom. The van der Waals surface area contributed by atoms with Crippen LogP contribution >= 0.6 is 0 Å². The van der Waals surface area contributed by atoms with E-state index in [1.807, 2.05) is 67.7 Å². The minimum atomic E-state index is -0.247. The van der Waals surface area contributed by atoms with Gasteiger partial charge in [-0.3, -0.25) is 4.98 Å². The highest BCUT2D eigenvalue weighted by molar-refractivity contribution is 5.89. The number of para-hydroxylation sites is 1. The zero-order valence-corrected chi connectivity index (χ0v) is 16.7. The van der Waals surface area contributed by atoms with Gasteiger partial charge in [0.1, 0.15) is 12.4 Å². The van der Waals surface area contributed by atoms with Gasteiger partial charge >= 0.3 is 6.03 Å². The number of rotatable bonds is 8. The number of carbonyl (C=O) groups is 1. The fraction of sp³-hybridized carbons (Fsp3) is 0.217. The van der Waals surface area contributed by atoms with E-state index in [-0.39, 0.29) is 12.1 Å². The minimum Gasteiger partial charge on any atom is -0.489 e. The molecule has 0 aliphatic rings. The van der Waals surface area contributed by atoms with Gasteiger partial charge in [-0.1, -0.05) is 30.3 Å². The van der Waals surface area contributed by atoms with Crippen LogP contribution in [0.3, 0.4) is 0 Å². The van der Waals surface area contributed by atoms with E-state index in [2.05, 4.69) is 27.4 Å². The molecular weight excluding hydrogens is 364 g/mol. The molecule has 1 unspecified atom stereocenters. The number of ether oxygens (including phenoxy) is 1. The number of carbonyl (C=O) groups excluding carboxylic acids is 1. The molecule has 0 saturated carbocycles. The highest BCUT2D eigenvalue weighted by Crippen LogP contribution is 2.18. The van der Waals surface area contributed by atoms with E-state index >= 15 is 0 Å². The first kappa shape index (κ1) is 20.2. The number of hydrogen-bond donors (Lipinski definition) is 2. The number of nitrogens with one attached hydrogen (secondary N) is 2. The second kappa shape index (κ2) is 10.1. The number of pyridine rings is 1. The minimum absolute atomic E-state index is 0.150. The summed E-state index contributed by atoms with van der Waals surface area (Å²) in [6.45, 7) is 3.02. The Labute approximate surface area is 171 Å². The van der Waals surface area contributed by atoms with Crippen LogP contribution < -0.4 is 20.3 Å². The normalized spacial score (nSPS) is 11.4. The molecule has 0 radical (unpaired) electrons. The number of likely N-dealkylation sites (N-methyl/N-ethyl adjacent to an activating group) is 1. The van der Waals surface area contributed by atoms with E-state index in [4.69, 9.17) is 4.74 Å². The van der Waals surface area contributed by atoms with Crippen LogP contribution in [0.2, 0.25) is 0 Å². The third-order valence-corrected chi connectivity index (χ3v) is 4.60. The Hall–Kier alpha value is -3.54. The molecule has 3 rings (SSSR count). The predicted octanol–water partition coefficient (Wildman–Crippen LogP) is 4.31. The number of urea groups is 1. The summed E-state index contributed by atoms with van der Waals surface area (Å²) >= 11 is 0. The van der Waals surface area contributed by atoms with Crippen molar-refractivity contribution in [3.8, 4) is 5.75 Å². The van der Waals surface area contributed by atoms with Crippen molar-refractivity contribution in [2.45, 2.75) is 19.6 Å². The Morgan fingerprint density at radius 1 is 1.10 bits per heavy atom. The lowest BCUT2D eigenvalue weighted by Crippen LogP contribution is -2.41. The molecule has 150 valence electrons.